The predicted octanol–water partition coefficient (Wildman–Crippen LogP) is 3.24. The summed E-state index contributed by atoms with van der Waals surface area (Å²) in [7, 11) is -3.35. The fourth-order valence-electron chi connectivity index (χ4n) is 3.09. The molecule has 1 N–H and O–H groups in total. The van der Waals surface area contributed by atoms with Gasteiger partial charge < -0.3 is 4.90 Å². The van der Waals surface area contributed by atoms with Gasteiger partial charge in [0.25, 0.3) is 0 Å². The van der Waals surface area contributed by atoms with Crippen LogP contribution in [0.3, 0.4) is 0 Å². The molecule has 1 heterocycles. The van der Waals surface area contributed by atoms with Crippen molar-refractivity contribution in [3.8, 4) is 0 Å². The van der Waals surface area contributed by atoms with Gasteiger partial charge >= 0.3 is 0 Å². The van der Waals surface area contributed by atoms with Crippen molar-refractivity contribution in [1.82, 2.24) is 9.62 Å². The molecule has 0 bridgehead atoms. The molecule has 27 heavy (non-hydrogen) atoms. The lowest BCUT2D eigenvalue weighted by molar-refractivity contribution is 0.262. The summed E-state index contributed by atoms with van der Waals surface area (Å²) >= 11 is 11.8. The molecule has 0 aliphatic carbocycles. The molecule has 3 rings (SSSR count). The number of piperazine rings is 1. The third-order valence-electron chi connectivity index (χ3n) is 4.58. The topological polar surface area (TPSA) is 52.7 Å². The first kappa shape index (κ1) is 20.4. The largest absolute Gasteiger partial charge is 0.369 e. The summed E-state index contributed by atoms with van der Waals surface area (Å²) in [5.41, 5.74) is 1.89. The quantitative estimate of drug-likeness (QED) is 0.736. The van der Waals surface area contributed by atoms with Gasteiger partial charge in [-0.2, -0.15) is 0 Å². The zero-order chi connectivity index (χ0) is 19.3. The lowest BCUT2D eigenvalue weighted by Gasteiger charge is -2.36. The van der Waals surface area contributed by atoms with Crippen LogP contribution in [0.4, 0.5) is 5.69 Å². The van der Waals surface area contributed by atoms with E-state index >= 15 is 0 Å². The minimum atomic E-state index is -3.35. The maximum atomic E-state index is 12.2. The van der Waals surface area contributed by atoms with Crippen molar-refractivity contribution in [1.29, 1.82) is 0 Å². The first-order valence-corrected chi connectivity index (χ1v) is 11.3. The normalized spacial score (nSPS) is 15.9. The molecule has 146 valence electrons. The highest BCUT2D eigenvalue weighted by Gasteiger charge is 2.18. The maximum absolute atomic E-state index is 12.2. The Labute approximate surface area is 170 Å². The monoisotopic (exact) mass is 427 g/mol. The Morgan fingerprint density at radius 2 is 1.41 bits per heavy atom. The molecule has 0 aromatic heterocycles. The molecular formula is C19H23Cl2N3O2S. The predicted molar refractivity (Wildman–Crippen MR) is 112 cm³/mol. The van der Waals surface area contributed by atoms with E-state index in [-0.39, 0.29) is 5.75 Å². The summed E-state index contributed by atoms with van der Waals surface area (Å²) in [5.74, 6) is -0.0332. The van der Waals surface area contributed by atoms with E-state index in [4.69, 9.17) is 23.2 Å². The van der Waals surface area contributed by atoms with Crippen LogP contribution in [0.1, 0.15) is 5.56 Å². The van der Waals surface area contributed by atoms with Gasteiger partial charge in [0.05, 0.1) is 5.75 Å². The summed E-state index contributed by atoms with van der Waals surface area (Å²) in [6, 6.07) is 14.7. The van der Waals surface area contributed by atoms with E-state index in [1.807, 2.05) is 24.3 Å². The first-order valence-electron chi connectivity index (χ1n) is 8.86. The Hall–Kier alpha value is -1.31. The number of halogens is 2. The number of nitrogens with zero attached hydrogens (tertiary/aromatic N) is 2. The Morgan fingerprint density at radius 1 is 0.852 bits per heavy atom. The van der Waals surface area contributed by atoms with Crippen LogP contribution >= 0.6 is 23.2 Å². The Kier molecular flexibility index (Phi) is 7.00. The van der Waals surface area contributed by atoms with Crippen LogP contribution in [0.2, 0.25) is 10.0 Å². The van der Waals surface area contributed by atoms with Gasteiger partial charge in [-0.1, -0.05) is 35.3 Å². The smallest absolute Gasteiger partial charge is 0.215 e. The third kappa shape index (κ3) is 6.36. The summed E-state index contributed by atoms with van der Waals surface area (Å²) in [5, 5.41) is 1.34. The van der Waals surface area contributed by atoms with Crippen molar-refractivity contribution in [2.24, 2.45) is 0 Å². The molecule has 0 atom stereocenters. The number of benzene rings is 2. The number of rotatable bonds is 7. The van der Waals surface area contributed by atoms with E-state index in [2.05, 4.69) is 14.5 Å². The van der Waals surface area contributed by atoms with Gasteiger partial charge in [-0.15, -0.1) is 0 Å². The molecule has 2 aromatic carbocycles. The molecule has 1 aliphatic heterocycles. The molecule has 0 unspecified atom stereocenters. The van der Waals surface area contributed by atoms with Crippen LogP contribution in [0, 0.1) is 0 Å². The fraction of sp³-hybridized carbons (Fsp3) is 0.368. The van der Waals surface area contributed by atoms with Crippen LogP contribution in [0.15, 0.2) is 48.5 Å². The Morgan fingerprint density at radius 3 is 2.00 bits per heavy atom. The Balaban J connectivity index is 1.40. The lowest BCUT2D eigenvalue weighted by Crippen LogP contribution is -2.48. The van der Waals surface area contributed by atoms with Gasteiger partial charge in [0.15, 0.2) is 0 Å². The molecule has 0 spiro atoms. The summed E-state index contributed by atoms with van der Waals surface area (Å²) in [6.45, 7) is 4.76. The lowest BCUT2D eigenvalue weighted by atomic mass is 10.2. The molecule has 1 saturated heterocycles. The summed E-state index contributed by atoms with van der Waals surface area (Å²) in [4.78, 5) is 4.59. The van der Waals surface area contributed by atoms with Crippen LogP contribution in [-0.4, -0.2) is 52.6 Å². The second-order valence-corrected chi connectivity index (χ2v) is 9.26. The SMILES string of the molecule is O=S(=O)(Cc1ccc(Cl)cc1)NCCN1CCN(c2ccc(Cl)cc2)CC1. The second-order valence-electron chi connectivity index (χ2n) is 6.58. The maximum Gasteiger partial charge on any atom is 0.215 e. The fourth-order valence-corrected chi connectivity index (χ4v) is 4.48. The van der Waals surface area contributed by atoms with Gasteiger partial charge in [0, 0.05) is 55.0 Å². The molecule has 0 amide bonds. The van der Waals surface area contributed by atoms with E-state index in [1.54, 1.807) is 24.3 Å². The van der Waals surface area contributed by atoms with E-state index in [0.717, 1.165) is 36.8 Å². The molecule has 5 nitrogen and oxygen atoms in total. The van der Waals surface area contributed by atoms with Gasteiger partial charge in [0.1, 0.15) is 0 Å². The minimum Gasteiger partial charge on any atom is -0.369 e. The molecule has 0 radical (unpaired) electrons. The van der Waals surface area contributed by atoms with Crippen LogP contribution in [-0.2, 0) is 15.8 Å². The highest BCUT2D eigenvalue weighted by Crippen LogP contribution is 2.19. The standard InChI is InChI=1S/C19H23Cl2N3O2S/c20-17-3-1-16(2-4-17)15-27(25,26)22-9-10-23-11-13-24(14-12-23)19-7-5-18(21)6-8-19/h1-8,22H,9-15H2. The molecule has 2 aromatic rings. The van der Waals surface area contributed by atoms with E-state index in [1.165, 1.54) is 5.69 Å². The van der Waals surface area contributed by atoms with Crippen molar-refractivity contribution in [3.63, 3.8) is 0 Å². The molecule has 1 fully saturated rings. The van der Waals surface area contributed by atoms with Crippen LogP contribution in [0.25, 0.3) is 0 Å². The average Bonchev–Trinajstić information content (AvgIpc) is 2.65. The first-order chi connectivity index (χ1) is 12.9. The van der Waals surface area contributed by atoms with Gasteiger partial charge in [0.2, 0.25) is 10.0 Å². The number of anilines is 1. The number of sulfonamides is 1. The average molecular weight is 428 g/mol. The summed E-state index contributed by atoms with van der Waals surface area (Å²) < 4.78 is 27.1. The highest BCUT2D eigenvalue weighted by molar-refractivity contribution is 7.88. The van der Waals surface area contributed by atoms with Crippen molar-refractivity contribution in [2.75, 3.05) is 44.2 Å². The van der Waals surface area contributed by atoms with Crippen LogP contribution < -0.4 is 9.62 Å². The van der Waals surface area contributed by atoms with E-state index < -0.39 is 10.0 Å². The minimum absolute atomic E-state index is 0.0332. The van der Waals surface area contributed by atoms with Crippen molar-refractivity contribution in [2.45, 2.75) is 5.75 Å². The van der Waals surface area contributed by atoms with Crippen molar-refractivity contribution in [3.05, 3.63) is 64.1 Å². The van der Waals surface area contributed by atoms with Crippen molar-refractivity contribution < 1.29 is 8.42 Å². The van der Waals surface area contributed by atoms with E-state index in [9.17, 15) is 8.42 Å². The van der Waals surface area contributed by atoms with Gasteiger partial charge in [-0.05, 0) is 42.0 Å². The van der Waals surface area contributed by atoms with Crippen molar-refractivity contribution >= 4 is 38.9 Å². The van der Waals surface area contributed by atoms with Gasteiger partial charge in [-0.25, -0.2) is 13.1 Å². The summed E-state index contributed by atoms with van der Waals surface area (Å²) in [6.07, 6.45) is 0. The number of hydrogen-bond donors (Lipinski definition) is 1. The van der Waals surface area contributed by atoms with Crippen LogP contribution in [0.5, 0.6) is 0 Å². The Bertz CT molecular complexity index is 834. The zero-order valence-electron chi connectivity index (χ0n) is 14.9. The molecular weight excluding hydrogens is 405 g/mol. The highest BCUT2D eigenvalue weighted by atomic mass is 35.5. The number of hydrogen-bond acceptors (Lipinski definition) is 4. The molecule has 1 aliphatic rings. The zero-order valence-corrected chi connectivity index (χ0v) is 17.3. The molecule has 8 heteroatoms. The van der Waals surface area contributed by atoms with E-state index in [0.29, 0.717) is 18.1 Å². The third-order valence-corrected chi connectivity index (χ3v) is 6.45. The second kappa shape index (κ2) is 9.26. The van der Waals surface area contributed by atoms with Gasteiger partial charge in [-0.3, -0.25) is 4.90 Å². The number of nitrogens with one attached hydrogen (secondary N) is 1. The molecule has 0 saturated carbocycles.